The molecule has 1 fully saturated rings. The van der Waals surface area contributed by atoms with Crippen molar-refractivity contribution in [3.8, 4) is 0 Å². The van der Waals surface area contributed by atoms with E-state index in [4.69, 9.17) is 0 Å². The number of carbonyl (C=O) groups excluding carboxylic acids is 1. The van der Waals surface area contributed by atoms with E-state index in [-0.39, 0.29) is 5.56 Å². The second-order valence-corrected chi connectivity index (χ2v) is 5.22. The van der Waals surface area contributed by atoms with Crippen LogP contribution in [0.15, 0.2) is 18.2 Å². The molecular weight excluding hydrogens is 307 g/mol. The van der Waals surface area contributed by atoms with Crippen molar-refractivity contribution in [3.63, 3.8) is 0 Å². The zero-order valence-electron chi connectivity index (χ0n) is 11.5. The van der Waals surface area contributed by atoms with E-state index < -0.39 is 35.7 Å². The van der Waals surface area contributed by atoms with Gasteiger partial charge in [-0.3, -0.25) is 4.79 Å². The normalized spacial score (nSPS) is 20.5. The van der Waals surface area contributed by atoms with Crippen LogP contribution in [0.1, 0.15) is 24.4 Å². The summed E-state index contributed by atoms with van der Waals surface area (Å²) in [5.74, 6) is -4.34. The molecule has 3 nitrogen and oxygen atoms in total. The van der Waals surface area contributed by atoms with Crippen molar-refractivity contribution in [1.82, 2.24) is 10.6 Å². The van der Waals surface area contributed by atoms with Gasteiger partial charge >= 0.3 is 12.1 Å². The van der Waals surface area contributed by atoms with Gasteiger partial charge in [-0.25, -0.2) is 8.78 Å². The van der Waals surface area contributed by atoms with Gasteiger partial charge in [0.15, 0.2) is 0 Å². The molecule has 2 atom stereocenters. The second kappa shape index (κ2) is 6.60. The number of amides is 1. The summed E-state index contributed by atoms with van der Waals surface area (Å²) >= 11 is 0. The van der Waals surface area contributed by atoms with Crippen LogP contribution in [-0.2, 0) is 4.79 Å². The number of rotatable bonds is 3. The molecule has 1 aromatic rings. The van der Waals surface area contributed by atoms with Gasteiger partial charge in [-0.05, 0) is 31.4 Å². The molecule has 2 rings (SSSR count). The van der Waals surface area contributed by atoms with Crippen LogP contribution in [-0.4, -0.2) is 25.2 Å². The van der Waals surface area contributed by atoms with E-state index >= 15 is 0 Å². The van der Waals surface area contributed by atoms with Crippen molar-refractivity contribution in [3.05, 3.63) is 35.4 Å². The highest BCUT2D eigenvalue weighted by atomic mass is 19.4. The third kappa shape index (κ3) is 3.94. The van der Waals surface area contributed by atoms with Crippen molar-refractivity contribution >= 4 is 5.91 Å². The molecule has 0 aliphatic carbocycles. The Morgan fingerprint density at radius 3 is 2.59 bits per heavy atom. The lowest BCUT2D eigenvalue weighted by Gasteiger charge is -2.32. The molecule has 0 aromatic heterocycles. The lowest BCUT2D eigenvalue weighted by Crippen LogP contribution is -2.45. The third-order valence-corrected chi connectivity index (χ3v) is 3.65. The number of carbonyl (C=O) groups is 1. The monoisotopic (exact) mass is 322 g/mol. The number of hydrogen-bond acceptors (Lipinski definition) is 2. The first kappa shape index (κ1) is 16.7. The van der Waals surface area contributed by atoms with E-state index in [9.17, 15) is 26.7 Å². The predicted molar refractivity (Wildman–Crippen MR) is 68.9 cm³/mol. The molecule has 2 N–H and O–H groups in total. The Balaban J connectivity index is 2.30. The summed E-state index contributed by atoms with van der Waals surface area (Å²) in [6.07, 6.45) is -3.82. The van der Waals surface area contributed by atoms with Gasteiger partial charge in [0, 0.05) is 18.2 Å². The van der Waals surface area contributed by atoms with Crippen LogP contribution in [0.4, 0.5) is 22.0 Å². The van der Waals surface area contributed by atoms with Gasteiger partial charge in [-0.1, -0.05) is 6.07 Å². The SMILES string of the molecule is O=C(NC(c1ccc(F)cc1F)C1CCCNC1)C(F)(F)F. The van der Waals surface area contributed by atoms with Crippen molar-refractivity contribution in [2.24, 2.45) is 5.92 Å². The molecule has 1 saturated heterocycles. The van der Waals surface area contributed by atoms with Gasteiger partial charge in [0.05, 0.1) is 6.04 Å². The minimum absolute atomic E-state index is 0.146. The predicted octanol–water partition coefficient (Wildman–Crippen LogP) is 2.68. The van der Waals surface area contributed by atoms with E-state index in [0.717, 1.165) is 12.1 Å². The molecule has 1 heterocycles. The van der Waals surface area contributed by atoms with Crippen LogP contribution in [0.5, 0.6) is 0 Å². The minimum atomic E-state index is -5.06. The Morgan fingerprint density at radius 1 is 1.32 bits per heavy atom. The molecule has 122 valence electrons. The Labute approximate surface area is 123 Å². The number of alkyl halides is 3. The molecule has 0 spiro atoms. The van der Waals surface area contributed by atoms with E-state index in [1.807, 2.05) is 5.32 Å². The van der Waals surface area contributed by atoms with Crippen molar-refractivity contribution in [2.75, 3.05) is 13.1 Å². The van der Waals surface area contributed by atoms with Crippen LogP contribution in [0.25, 0.3) is 0 Å². The summed E-state index contributed by atoms with van der Waals surface area (Å²) in [6, 6.07) is 1.46. The van der Waals surface area contributed by atoms with E-state index in [1.165, 1.54) is 0 Å². The highest BCUT2D eigenvalue weighted by molar-refractivity contribution is 5.82. The molecule has 1 aliphatic rings. The number of nitrogens with one attached hydrogen (secondary N) is 2. The maximum atomic E-state index is 13.9. The fraction of sp³-hybridized carbons (Fsp3) is 0.500. The van der Waals surface area contributed by atoms with Gasteiger partial charge in [0.1, 0.15) is 11.6 Å². The Bertz CT molecular complexity index is 541. The maximum Gasteiger partial charge on any atom is 0.471 e. The first-order chi connectivity index (χ1) is 10.3. The standard InChI is InChI=1S/C14H15F5N2O/c15-9-3-4-10(11(16)6-9)12(8-2-1-5-20-7-8)21-13(22)14(17,18)19/h3-4,6,8,12,20H,1-2,5,7H2,(H,21,22). The first-order valence-electron chi connectivity index (χ1n) is 6.82. The van der Waals surface area contributed by atoms with E-state index in [2.05, 4.69) is 5.32 Å². The van der Waals surface area contributed by atoms with Gasteiger partial charge in [-0.15, -0.1) is 0 Å². The van der Waals surface area contributed by atoms with Gasteiger partial charge < -0.3 is 10.6 Å². The molecule has 0 radical (unpaired) electrons. The summed E-state index contributed by atoms with van der Waals surface area (Å²) in [5.41, 5.74) is -0.146. The zero-order valence-corrected chi connectivity index (χ0v) is 11.5. The number of benzene rings is 1. The Morgan fingerprint density at radius 2 is 2.05 bits per heavy atom. The maximum absolute atomic E-state index is 13.9. The Kier molecular flexibility index (Phi) is 5.00. The highest BCUT2D eigenvalue weighted by Gasteiger charge is 2.41. The summed E-state index contributed by atoms with van der Waals surface area (Å²) in [7, 11) is 0. The molecule has 22 heavy (non-hydrogen) atoms. The highest BCUT2D eigenvalue weighted by Crippen LogP contribution is 2.30. The average Bonchev–Trinajstić information content (AvgIpc) is 2.45. The molecule has 1 amide bonds. The third-order valence-electron chi connectivity index (χ3n) is 3.65. The summed E-state index contributed by atoms with van der Waals surface area (Å²) in [5, 5.41) is 4.84. The zero-order chi connectivity index (χ0) is 16.3. The van der Waals surface area contributed by atoms with Crippen LogP contribution < -0.4 is 10.6 Å². The second-order valence-electron chi connectivity index (χ2n) is 5.22. The fourth-order valence-electron chi connectivity index (χ4n) is 2.59. The summed E-state index contributed by atoms with van der Waals surface area (Å²) < 4.78 is 64.3. The van der Waals surface area contributed by atoms with Crippen LogP contribution in [0.3, 0.4) is 0 Å². The summed E-state index contributed by atoms with van der Waals surface area (Å²) in [6.45, 7) is 1.06. The Hall–Kier alpha value is -1.70. The summed E-state index contributed by atoms with van der Waals surface area (Å²) in [4.78, 5) is 11.2. The van der Waals surface area contributed by atoms with Crippen molar-refractivity contribution in [1.29, 1.82) is 0 Å². The topological polar surface area (TPSA) is 41.1 Å². The van der Waals surface area contributed by atoms with Crippen LogP contribution >= 0.6 is 0 Å². The van der Waals surface area contributed by atoms with Crippen LogP contribution in [0, 0.1) is 17.6 Å². The average molecular weight is 322 g/mol. The molecule has 0 bridgehead atoms. The largest absolute Gasteiger partial charge is 0.471 e. The number of piperidine rings is 1. The van der Waals surface area contributed by atoms with Gasteiger partial charge in [0.25, 0.3) is 0 Å². The van der Waals surface area contributed by atoms with Crippen molar-refractivity contribution < 1.29 is 26.7 Å². The lowest BCUT2D eigenvalue weighted by atomic mass is 9.87. The first-order valence-corrected chi connectivity index (χ1v) is 6.82. The van der Waals surface area contributed by atoms with Crippen LogP contribution in [0.2, 0.25) is 0 Å². The molecule has 0 saturated carbocycles. The quantitative estimate of drug-likeness (QED) is 0.840. The van der Waals surface area contributed by atoms with Gasteiger partial charge in [-0.2, -0.15) is 13.2 Å². The van der Waals surface area contributed by atoms with Gasteiger partial charge in [0.2, 0.25) is 0 Å². The number of halogens is 5. The van der Waals surface area contributed by atoms with E-state index in [1.54, 1.807) is 0 Å². The molecular formula is C14H15F5N2O. The number of hydrogen-bond donors (Lipinski definition) is 2. The molecule has 1 aromatic carbocycles. The minimum Gasteiger partial charge on any atom is -0.341 e. The fourth-order valence-corrected chi connectivity index (χ4v) is 2.59. The molecule has 2 unspecified atom stereocenters. The van der Waals surface area contributed by atoms with E-state index in [0.29, 0.717) is 32.0 Å². The molecule has 1 aliphatic heterocycles. The molecule has 8 heteroatoms. The lowest BCUT2D eigenvalue weighted by molar-refractivity contribution is -0.174. The smallest absolute Gasteiger partial charge is 0.341 e. The van der Waals surface area contributed by atoms with Crippen molar-refractivity contribution in [2.45, 2.75) is 25.1 Å².